The van der Waals surface area contributed by atoms with Gasteiger partial charge in [-0.1, -0.05) is 0 Å². The van der Waals surface area contributed by atoms with Gasteiger partial charge in [0, 0.05) is 6.92 Å². The molecule has 60 valence electrons. The number of aromatic nitrogens is 2. The lowest BCUT2D eigenvalue weighted by molar-refractivity contribution is 0.101. The number of fused-ring (bicyclic) bond motifs is 1. The predicted molar refractivity (Wildman–Crippen MR) is 47.4 cm³/mol. The monoisotopic (exact) mass is 178 g/mol. The number of thiophene rings is 1. The van der Waals surface area contributed by atoms with Crippen molar-refractivity contribution in [2.75, 3.05) is 0 Å². The Hall–Kier alpha value is -1.29. The van der Waals surface area contributed by atoms with Crippen LogP contribution in [-0.4, -0.2) is 15.8 Å². The summed E-state index contributed by atoms with van der Waals surface area (Å²) >= 11 is 1.50. The Labute approximate surface area is 73.1 Å². The van der Waals surface area contributed by atoms with Gasteiger partial charge in [0.25, 0.3) is 0 Å². The molecule has 0 aliphatic carbocycles. The van der Waals surface area contributed by atoms with Crippen molar-refractivity contribution >= 4 is 27.3 Å². The second-order valence-corrected chi connectivity index (χ2v) is 3.33. The summed E-state index contributed by atoms with van der Waals surface area (Å²) in [6, 6.07) is 1.88. The summed E-state index contributed by atoms with van der Waals surface area (Å²) in [6.45, 7) is 1.52. The summed E-state index contributed by atoms with van der Waals surface area (Å²) in [5, 5.41) is 1.91. The molecule has 2 aromatic heterocycles. The second kappa shape index (κ2) is 2.64. The van der Waals surface area contributed by atoms with Crippen LogP contribution < -0.4 is 0 Å². The van der Waals surface area contributed by atoms with E-state index in [1.54, 1.807) is 0 Å². The molecule has 0 fully saturated rings. The van der Waals surface area contributed by atoms with Crippen molar-refractivity contribution in [1.29, 1.82) is 0 Å². The molecule has 0 aliphatic heterocycles. The fourth-order valence-electron chi connectivity index (χ4n) is 1.04. The fourth-order valence-corrected chi connectivity index (χ4v) is 1.92. The van der Waals surface area contributed by atoms with Crippen LogP contribution in [0.5, 0.6) is 0 Å². The van der Waals surface area contributed by atoms with E-state index in [0.29, 0.717) is 5.69 Å². The lowest BCUT2D eigenvalue weighted by Crippen LogP contribution is -1.96. The SMILES string of the molecule is CC(=O)c1ncnc2ccsc12. The first-order chi connectivity index (χ1) is 5.79. The largest absolute Gasteiger partial charge is 0.293 e. The minimum absolute atomic E-state index is 0.00940. The molecule has 0 spiro atoms. The average Bonchev–Trinajstić information content (AvgIpc) is 2.49. The third-order valence-corrected chi connectivity index (χ3v) is 2.49. The minimum Gasteiger partial charge on any atom is -0.293 e. The molecule has 4 heteroatoms. The molecule has 0 amide bonds. The molecule has 0 atom stereocenters. The number of hydrogen-bond acceptors (Lipinski definition) is 4. The zero-order valence-corrected chi connectivity index (χ0v) is 7.26. The number of Topliss-reactive ketones (excluding diaryl/α,β-unsaturated/α-hetero) is 1. The third kappa shape index (κ3) is 1.00. The minimum atomic E-state index is -0.00940. The Kier molecular flexibility index (Phi) is 1.62. The highest BCUT2D eigenvalue weighted by molar-refractivity contribution is 7.17. The molecule has 2 heterocycles. The van der Waals surface area contributed by atoms with E-state index in [9.17, 15) is 4.79 Å². The Morgan fingerprint density at radius 2 is 2.33 bits per heavy atom. The zero-order chi connectivity index (χ0) is 8.55. The highest BCUT2D eigenvalue weighted by Gasteiger charge is 2.07. The van der Waals surface area contributed by atoms with E-state index in [4.69, 9.17) is 0 Å². The summed E-state index contributed by atoms with van der Waals surface area (Å²) in [6.07, 6.45) is 1.42. The summed E-state index contributed by atoms with van der Waals surface area (Å²) < 4.78 is 0.880. The van der Waals surface area contributed by atoms with Crippen molar-refractivity contribution < 1.29 is 4.79 Å². The van der Waals surface area contributed by atoms with E-state index in [0.717, 1.165) is 10.2 Å². The van der Waals surface area contributed by atoms with Crippen LogP contribution in [0.25, 0.3) is 10.2 Å². The number of rotatable bonds is 1. The van der Waals surface area contributed by atoms with Crippen LogP contribution in [-0.2, 0) is 0 Å². The number of carbonyl (C=O) groups is 1. The highest BCUT2D eigenvalue weighted by atomic mass is 32.1. The quantitative estimate of drug-likeness (QED) is 0.626. The molecule has 0 saturated carbocycles. The molecule has 0 aliphatic rings. The van der Waals surface area contributed by atoms with Gasteiger partial charge in [-0.3, -0.25) is 4.79 Å². The maximum atomic E-state index is 11.1. The van der Waals surface area contributed by atoms with Crippen molar-refractivity contribution in [3.8, 4) is 0 Å². The molecule has 2 aromatic rings. The first-order valence-corrected chi connectivity index (χ1v) is 4.36. The normalized spacial score (nSPS) is 10.4. The van der Waals surface area contributed by atoms with Crippen LogP contribution in [0.4, 0.5) is 0 Å². The van der Waals surface area contributed by atoms with Crippen LogP contribution in [0.3, 0.4) is 0 Å². The first-order valence-electron chi connectivity index (χ1n) is 3.48. The lowest BCUT2D eigenvalue weighted by atomic mass is 10.3. The number of ketones is 1. The molecule has 0 saturated heterocycles. The molecule has 0 unspecified atom stereocenters. The van der Waals surface area contributed by atoms with Crippen molar-refractivity contribution in [2.45, 2.75) is 6.92 Å². The molecule has 0 N–H and O–H groups in total. The lowest BCUT2D eigenvalue weighted by Gasteiger charge is -1.93. The summed E-state index contributed by atoms with van der Waals surface area (Å²) in [4.78, 5) is 19.0. The summed E-state index contributed by atoms with van der Waals surface area (Å²) in [5.74, 6) is -0.00940. The van der Waals surface area contributed by atoms with Crippen LogP contribution in [0.2, 0.25) is 0 Å². The van der Waals surface area contributed by atoms with E-state index in [1.807, 2.05) is 11.4 Å². The van der Waals surface area contributed by atoms with E-state index < -0.39 is 0 Å². The Morgan fingerprint density at radius 1 is 1.50 bits per heavy atom. The van der Waals surface area contributed by atoms with Crippen LogP contribution in [0.15, 0.2) is 17.8 Å². The standard InChI is InChI=1S/C8H6N2OS/c1-5(11)7-8-6(2-3-12-8)9-4-10-7/h2-4H,1H3. The van der Waals surface area contributed by atoms with Crippen molar-refractivity contribution in [2.24, 2.45) is 0 Å². The Balaban J connectivity index is 2.82. The molecular weight excluding hydrogens is 172 g/mol. The number of hydrogen-bond donors (Lipinski definition) is 0. The van der Waals surface area contributed by atoms with Gasteiger partial charge >= 0.3 is 0 Å². The van der Waals surface area contributed by atoms with E-state index >= 15 is 0 Å². The number of nitrogens with zero attached hydrogens (tertiary/aromatic N) is 2. The summed E-state index contributed by atoms with van der Waals surface area (Å²) in [7, 11) is 0. The summed E-state index contributed by atoms with van der Waals surface area (Å²) in [5.41, 5.74) is 1.37. The van der Waals surface area contributed by atoms with Crippen molar-refractivity contribution in [3.63, 3.8) is 0 Å². The molecule has 0 aromatic carbocycles. The van der Waals surface area contributed by atoms with Gasteiger partial charge in [0.2, 0.25) is 0 Å². The average molecular weight is 178 g/mol. The van der Waals surface area contributed by atoms with Crippen molar-refractivity contribution in [3.05, 3.63) is 23.5 Å². The number of carbonyl (C=O) groups excluding carboxylic acids is 1. The molecule has 0 radical (unpaired) electrons. The second-order valence-electron chi connectivity index (χ2n) is 2.41. The fraction of sp³-hybridized carbons (Fsp3) is 0.125. The van der Waals surface area contributed by atoms with Gasteiger partial charge in [-0.25, -0.2) is 9.97 Å². The molecule has 3 nitrogen and oxygen atoms in total. The molecule has 12 heavy (non-hydrogen) atoms. The predicted octanol–water partition coefficient (Wildman–Crippen LogP) is 1.89. The van der Waals surface area contributed by atoms with Gasteiger partial charge < -0.3 is 0 Å². The Morgan fingerprint density at radius 3 is 3.08 bits per heavy atom. The molecule has 2 rings (SSSR count). The van der Waals surface area contributed by atoms with Crippen LogP contribution in [0.1, 0.15) is 17.4 Å². The first kappa shape index (κ1) is 7.36. The van der Waals surface area contributed by atoms with Gasteiger partial charge in [0.15, 0.2) is 5.78 Å². The van der Waals surface area contributed by atoms with Gasteiger partial charge in [-0.2, -0.15) is 0 Å². The van der Waals surface area contributed by atoms with E-state index in [1.165, 1.54) is 24.6 Å². The van der Waals surface area contributed by atoms with Gasteiger partial charge in [-0.15, -0.1) is 11.3 Å². The van der Waals surface area contributed by atoms with Crippen molar-refractivity contribution in [1.82, 2.24) is 9.97 Å². The maximum Gasteiger partial charge on any atom is 0.179 e. The third-order valence-electron chi connectivity index (χ3n) is 1.58. The maximum absolute atomic E-state index is 11.1. The molecular formula is C8H6N2OS. The van der Waals surface area contributed by atoms with Crippen LogP contribution in [0, 0.1) is 0 Å². The topological polar surface area (TPSA) is 42.9 Å². The Bertz CT molecular complexity index is 435. The van der Waals surface area contributed by atoms with E-state index in [-0.39, 0.29) is 5.78 Å². The van der Waals surface area contributed by atoms with Gasteiger partial charge in [-0.05, 0) is 11.4 Å². The van der Waals surface area contributed by atoms with E-state index in [2.05, 4.69) is 9.97 Å². The smallest absolute Gasteiger partial charge is 0.179 e. The van der Waals surface area contributed by atoms with Gasteiger partial charge in [0.1, 0.15) is 12.0 Å². The van der Waals surface area contributed by atoms with Gasteiger partial charge in [0.05, 0.1) is 10.2 Å². The highest BCUT2D eigenvalue weighted by Crippen LogP contribution is 2.20. The zero-order valence-electron chi connectivity index (χ0n) is 6.44. The van der Waals surface area contributed by atoms with Crippen LogP contribution >= 0.6 is 11.3 Å². The molecule has 0 bridgehead atoms.